The first kappa shape index (κ1) is 23.3. The Morgan fingerprint density at radius 3 is 2.36 bits per heavy atom. The number of nitrogens with two attached hydrogens (primary N) is 1. The smallest absolute Gasteiger partial charge is 0.365 e. The highest BCUT2D eigenvalue weighted by molar-refractivity contribution is 5.98. The van der Waals surface area contributed by atoms with Crippen molar-refractivity contribution in [1.82, 2.24) is 0 Å². The number of carbonyl (C=O) groups is 1. The Balaban J connectivity index is 1.73. The molecule has 0 fully saturated rings. The summed E-state index contributed by atoms with van der Waals surface area (Å²) in [5.74, 6) is 0.483. The summed E-state index contributed by atoms with van der Waals surface area (Å²) < 4.78 is 11.3. The molecule has 9 nitrogen and oxygen atoms in total. The minimum atomic E-state index is -0.726. The SMILES string of the molecule is COc1ccc(C(=O)O/N=C(\N)c2ccc([N+](=O)[O-])cc2)cc1COc1cc(C)ccc1C. The molecule has 0 saturated carbocycles. The van der Waals surface area contributed by atoms with E-state index in [-0.39, 0.29) is 23.7 Å². The predicted octanol–water partition coefficient (Wildman–Crippen LogP) is 4.28. The summed E-state index contributed by atoms with van der Waals surface area (Å²) in [6.07, 6.45) is 0. The lowest BCUT2D eigenvalue weighted by molar-refractivity contribution is -0.384. The summed E-state index contributed by atoms with van der Waals surface area (Å²) in [5.41, 5.74) is 9.07. The lowest BCUT2D eigenvalue weighted by Crippen LogP contribution is -2.15. The third-order valence-electron chi connectivity index (χ3n) is 4.84. The Morgan fingerprint density at radius 1 is 1.00 bits per heavy atom. The fourth-order valence-electron chi connectivity index (χ4n) is 2.99. The molecule has 0 aliphatic rings. The van der Waals surface area contributed by atoms with Crippen LogP contribution in [0.2, 0.25) is 0 Å². The van der Waals surface area contributed by atoms with Crippen molar-refractivity contribution in [2.45, 2.75) is 20.5 Å². The van der Waals surface area contributed by atoms with E-state index in [1.165, 1.54) is 31.4 Å². The van der Waals surface area contributed by atoms with Gasteiger partial charge in [0.25, 0.3) is 5.69 Å². The normalized spacial score (nSPS) is 11.1. The van der Waals surface area contributed by atoms with E-state index in [1.807, 2.05) is 32.0 Å². The standard InChI is InChI=1S/C24H23N3O6/c1-15-4-5-16(2)22(12-15)32-14-19-13-18(8-11-21(19)31-3)24(28)33-26-23(25)17-6-9-20(10-7-17)27(29)30/h4-13H,14H2,1-3H3,(H2,25,26). The molecule has 0 bridgehead atoms. The Hall–Kier alpha value is -4.40. The summed E-state index contributed by atoms with van der Waals surface area (Å²) in [7, 11) is 1.53. The fourth-order valence-corrected chi connectivity index (χ4v) is 2.99. The second-order valence-electron chi connectivity index (χ2n) is 7.24. The lowest BCUT2D eigenvalue weighted by Gasteiger charge is -2.13. The van der Waals surface area contributed by atoms with Gasteiger partial charge in [-0.3, -0.25) is 10.1 Å². The average molecular weight is 449 g/mol. The molecule has 0 atom stereocenters. The van der Waals surface area contributed by atoms with Crippen LogP contribution >= 0.6 is 0 Å². The summed E-state index contributed by atoms with van der Waals surface area (Å²) in [5, 5.41) is 14.4. The van der Waals surface area contributed by atoms with E-state index in [9.17, 15) is 14.9 Å². The third kappa shape index (κ3) is 5.85. The first-order valence-corrected chi connectivity index (χ1v) is 9.95. The van der Waals surface area contributed by atoms with Crippen molar-refractivity contribution in [2.24, 2.45) is 10.9 Å². The molecule has 0 unspecified atom stereocenters. The number of nitro benzene ring substituents is 1. The molecule has 3 aromatic carbocycles. The average Bonchev–Trinajstić information content (AvgIpc) is 2.82. The molecule has 0 heterocycles. The maximum absolute atomic E-state index is 12.5. The topological polar surface area (TPSA) is 126 Å². The quantitative estimate of drug-likeness (QED) is 0.179. The van der Waals surface area contributed by atoms with E-state index in [2.05, 4.69) is 5.16 Å². The molecule has 3 rings (SSSR count). The number of oxime groups is 1. The molecule has 0 saturated heterocycles. The maximum atomic E-state index is 12.5. The van der Waals surface area contributed by atoms with Crippen LogP contribution in [0.5, 0.6) is 11.5 Å². The molecular weight excluding hydrogens is 426 g/mol. The van der Waals surface area contributed by atoms with Crippen molar-refractivity contribution in [3.63, 3.8) is 0 Å². The van der Waals surface area contributed by atoms with Gasteiger partial charge < -0.3 is 20.0 Å². The van der Waals surface area contributed by atoms with Gasteiger partial charge in [0.05, 0.1) is 17.6 Å². The highest BCUT2D eigenvalue weighted by atomic mass is 16.7. The van der Waals surface area contributed by atoms with Gasteiger partial charge >= 0.3 is 5.97 Å². The minimum absolute atomic E-state index is 0.0858. The number of carbonyl (C=O) groups excluding carboxylic acids is 1. The van der Waals surface area contributed by atoms with Crippen molar-refractivity contribution in [3.05, 3.63) is 98.6 Å². The zero-order chi connectivity index (χ0) is 24.0. The second kappa shape index (κ2) is 10.3. The zero-order valence-electron chi connectivity index (χ0n) is 18.4. The molecule has 170 valence electrons. The van der Waals surface area contributed by atoms with Crippen LogP contribution in [-0.4, -0.2) is 23.8 Å². The Kier molecular flexibility index (Phi) is 7.24. The first-order chi connectivity index (χ1) is 15.8. The van der Waals surface area contributed by atoms with Crippen molar-refractivity contribution >= 4 is 17.5 Å². The summed E-state index contributed by atoms with van der Waals surface area (Å²) in [6.45, 7) is 4.11. The largest absolute Gasteiger partial charge is 0.496 e. The van der Waals surface area contributed by atoms with Crippen LogP contribution < -0.4 is 15.2 Å². The van der Waals surface area contributed by atoms with Gasteiger partial charge in [-0.25, -0.2) is 4.79 Å². The van der Waals surface area contributed by atoms with Crippen LogP contribution in [0.25, 0.3) is 0 Å². The number of aryl methyl sites for hydroxylation is 2. The molecular formula is C24H23N3O6. The molecule has 0 amide bonds. The Labute approximate surface area is 190 Å². The minimum Gasteiger partial charge on any atom is -0.496 e. The van der Waals surface area contributed by atoms with Crippen molar-refractivity contribution < 1.29 is 24.0 Å². The van der Waals surface area contributed by atoms with Crippen LogP contribution in [0.3, 0.4) is 0 Å². The molecule has 0 radical (unpaired) electrons. The van der Waals surface area contributed by atoms with E-state index >= 15 is 0 Å². The third-order valence-corrected chi connectivity index (χ3v) is 4.84. The van der Waals surface area contributed by atoms with Crippen molar-refractivity contribution in [3.8, 4) is 11.5 Å². The number of amidine groups is 1. The van der Waals surface area contributed by atoms with E-state index in [0.717, 1.165) is 16.9 Å². The number of rotatable bonds is 8. The number of hydrogen-bond donors (Lipinski definition) is 1. The Morgan fingerprint density at radius 2 is 1.70 bits per heavy atom. The molecule has 0 aliphatic heterocycles. The van der Waals surface area contributed by atoms with Gasteiger partial charge in [-0.15, -0.1) is 0 Å². The van der Waals surface area contributed by atoms with E-state index in [4.69, 9.17) is 20.0 Å². The summed E-state index contributed by atoms with van der Waals surface area (Å²) in [6, 6.07) is 16.1. The van der Waals surface area contributed by atoms with E-state index in [0.29, 0.717) is 16.9 Å². The van der Waals surface area contributed by atoms with Crippen LogP contribution in [0.15, 0.2) is 65.8 Å². The molecule has 0 spiro atoms. The van der Waals surface area contributed by atoms with Gasteiger partial charge in [-0.1, -0.05) is 17.3 Å². The van der Waals surface area contributed by atoms with Crippen molar-refractivity contribution in [2.75, 3.05) is 7.11 Å². The van der Waals surface area contributed by atoms with Gasteiger partial charge in [0.2, 0.25) is 0 Å². The Bertz CT molecular complexity index is 1210. The number of ether oxygens (including phenoxy) is 2. The van der Waals surface area contributed by atoms with Crippen LogP contribution in [0.4, 0.5) is 5.69 Å². The molecule has 0 aromatic heterocycles. The molecule has 9 heteroatoms. The van der Waals surface area contributed by atoms with E-state index < -0.39 is 10.9 Å². The van der Waals surface area contributed by atoms with Crippen LogP contribution in [0, 0.1) is 24.0 Å². The monoisotopic (exact) mass is 449 g/mol. The van der Waals surface area contributed by atoms with Gasteiger partial charge in [-0.2, -0.15) is 0 Å². The zero-order valence-corrected chi connectivity index (χ0v) is 18.4. The van der Waals surface area contributed by atoms with E-state index in [1.54, 1.807) is 18.2 Å². The van der Waals surface area contributed by atoms with Crippen LogP contribution in [-0.2, 0) is 11.4 Å². The summed E-state index contributed by atoms with van der Waals surface area (Å²) >= 11 is 0. The van der Waals surface area contributed by atoms with Gasteiger partial charge in [-0.05, 0) is 61.4 Å². The highest BCUT2D eigenvalue weighted by Gasteiger charge is 2.14. The number of methoxy groups -OCH3 is 1. The number of non-ortho nitro benzene ring substituents is 1. The highest BCUT2D eigenvalue weighted by Crippen LogP contribution is 2.25. The molecule has 33 heavy (non-hydrogen) atoms. The number of benzene rings is 3. The maximum Gasteiger partial charge on any atom is 0.365 e. The molecule has 2 N–H and O–H groups in total. The lowest BCUT2D eigenvalue weighted by atomic mass is 10.1. The fraction of sp³-hybridized carbons (Fsp3) is 0.167. The predicted molar refractivity (Wildman–Crippen MR) is 122 cm³/mol. The summed E-state index contributed by atoms with van der Waals surface area (Å²) in [4.78, 5) is 27.7. The number of nitrogens with zero attached hydrogens (tertiary/aromatic N) is 2. The molecule has 0 aliphatic carbocycles. The second-order valence-corrected chi connectivity index (χ2v) is 7.24. The molecule has 3 aromatic rings. The van der Waals surface area contributed by atoms with Gasteiger partial charge in [0.15, 0.2) is 5.84 Å². The van der Waals surface area contributed by atoms with Gasteiger partial charge in [0.1, 0.15) is 18.1 Å². The first-order valence-electron chi connectivity index (χ1n) is 9.95. The van der Waals surface area contributed by atoms with Crippen molar-refractivity contribution in [1.29, 1.82) is 0 Å². The number of nitro groups is 1. The van der Waals surface area contributed by atoms with Crippen LogP contribution in [0.1, 0.15) is 32.6 Å². The van der Waals surface area contributed by atoms with Gasteiger partial charge in [0, 0.05) is 23.3 Å². The number of hydrogen-bond acceptors (Lipinski definition) is 7.